The van der Waals surface area contributed by atoms with Crippen molar-refractivity contribution in [2.45, 2.75) is 12.8 Å². The average Bonchev–Trinajstić information content (AvgIpc) is 2.68. The lowest BCUT2D eigenvalue weighted by Gasteiger charge is -2.03. The van der Waals surface area contributed by atoms with E-state index in [2.05, 4.69) is 10.3 Å². The van der Waals surface area contributed by atoms with Crippen LogP contribution >= 0.6 is 11.6 Å². The summed E-state index contributed by atoms with van der Waals surface area (Å²) >= 11 is 5.58. The molecule has 0 aliphatic heterocycles. The Kier molecular flexibility index (Phi) is 4.23. The quantitative estimate of drug-likeness (QED) is 0.611. The summed E-state index contributed by atoms with van der Waals surface area (Å²) in [6, 6.07) is 5.74. The van der Waals surface area contributed by atoms with Crippen molar-refractivity contribution in [3.63, 3.8) is 0 Å². The van der Waals surface area contributed by atoms with Crippen molar-refractivity contribution >= 4 is 22.7 Å². The second kappa shape index (κ2) is 5.89. The van der Waals surface area contributed by atoms with E-state index in [1.54, 1.807) is 0 Å². The van der Waals surface area contributed by atoms with Crippen LogP contribution in [0.25, 0.3) is 11.1 Å². The van der Waals surface area contributed by atoms with Gasteiger partial charge in [-0.2, -0.15) is 0 Å². The zero-order chi connectivity index (χ0) is 12.1. The maximum Gasteiger partial charge on any atom is 0.417 e. The van der Waals surface area contributed by atoms with Gasteiger partial charge >= 0.3 is 5.76 Å². The summed E-state index contributed by atoms with van der Waals surface area (Å²) in [5.41, 5.74) is 2.54. The standard InChI is InChI=1S/C12H15ClN2O2/c13-5-1-6-14-7-4-9-2-3-11-10(8-9)15-12(16)17-11/h2-3,8,14H,1,4-7H2,(H,15,16). The van der Waals surface area contributed by atoms with Crippen molar-refractivity contribution in [3.05, 3.63) is 34.3 Å². The third-order valence-corrected chi connectivity index (χ3v) is 2.83. The highest BCUT2D eigenvalue weighted by atomic mass is 35.5. The molecule has 0 radical (unpaired) electrons. The number of halogens is 1. The third kappa shape index (κ3) is 3.35. The van der Waals surface area contributed by atoms with Crippen molar-refractivity contribution < 1.29 is 4.42 Å². The molecule has 2 aromatic rings. The first-order valence-corrected chi connectivity index (χ1v) is 6.21. The molecular formula is C12H15ClN2O2. The third-order valence-electron chi connectivity index (χ3n) is 2.56. The molecule has 2 rings (SSSR count). The van der Waals surface area contributed by atoms with E-state index in [9.17, 15) is 4.79 Å². The van der Waals surface area contributed by atoms with Gasteiger partial charge in [0.2, 0.25) is 0 Å². The molecule has 0 saturated heterocycles. The zero-order valence-corrected chi connectivity index (χ0v) is 10.2. The van der Waals surface area contributed by atoms with Gasteiger partial charge in [0.1, 0.15) is 0 Å². The van der Waals surface area contributed by atoms with Gasteiger partial charge in [-0.3, -0.25) is 4.98 Å². The molecule has 0 aliphatic rings. The normalized spacial score (nSPS) is 11.1. The second-order valence-electron chi connectivity index (χ2n) is 3.89. The summed E-state index contributed by atoms with van der Waals surface area (Å²) in [5, 5.41) is 3.31. The van der Waals surface area contributed by atoms with Crippen LogP contribution in [0.3, 0.4) is 0 Å². The molecule has 5 heteroatoms. The Hall–Kier alpha value is -1.26. The number of nitrogens with one attached hydrogen (secondary N) is 2. The van der Waals surface area contributed by atoms with Crippen LogP contribution in [-0.4, -0.2) is 24.0 Å². The van der Waals surface area contributed by atoms with Crippen LogP contribution in [0.5, 0.6) is 0 Å². The molecule has 0 saturated carbocycles. The fourth-order valence-electron chi connectivity index (χ4n) is 1.70. The van der Waals surface area contributed by atoms with E-state index in [0.29, 0.717) is 11.5 Å². The Morgan fingerprint density at radius 3 is 3.06 bits per heavy atom. The fourth-order valence-corrected chi connectivity index (χ4v) is 1.84. The van der Waals surface area contributed by atoms with Crippen molar-refractivity contribution in [3.8, 4) is 0 Å². The number of oxazole rings is 1. The van der Waals surface area contributed by atoms with E-state index < -0.39 is 5.76 Å². The lowest BCUT2D eigenvalue weighted by molar-refractivity contribution is 0.555. The molecule has 0 atom stereocenters. The monoisotopic (exact) mass is 254 g/mol. The first-order chi connectivity index (χ1) is 8.29. The van der Waals surface area contributed by atoms with Crippen molar-refractivity contribution in [2.75, 3.05) is 19.0 Å². The van der Waals surface area contributed by atoms with Crippen molar-refractivity contribution in [1.29, 1.82) is 0 Å². The summed E-state index contributed by atoms with van der Waals surface area (Å²) < 4.78 is 4.94. The van der Waals surface area contributed by atoms with Gasteiger partial charge in [-0.15, -0.1) is 11.6 Å². The number of H-pyrrole nitrogens is 1. The minimum Gasteiger partial charge on any atom is -0.408 e. The lowest BCUT2D eigenvalue weighted by atomic mass is 10.1. The largest absolute Gasteiger partial charge is 0.417 e. The van der Waals surface area contributed by atoms with Crippen LogP contribution in [0.4, 0.5) is 0 Å². The van der Waals surface area contributed by atoms with Crippen LogP contribution in [0.15, 0.2) is 27.4 Å². The summed E-state index contributed by atoms with van der Waals surface area (Å²) in [5.74, 6) is 0.285. The number of aromatic amines is 1. The van der Waals surface area contributed by atoms with Gasteiger partial charge in [0.25, 0.3) is 0 Å². The number of alkyl halides is 1. The minimum atomic E-state index is -0.405. The van der Waals surface area contributed by atoms with Crippen LogP contribution in [0, 0.1) is 0 Å². The summed E-state index contributed by atoms with van der Waals surface area (Å²) in [7, 11) is 0. The molecular weight excluding hydrogens is 240 g/mol. The van der Waals surface area contributed by atoms with Gasteiger partial charge in [0, 0.05) is 5.88 Å². The van der Waals surface area contributed by atoms with E-state index in [0.717, 1.165) is 31.4 Å². The molecule has 1 aromatic carbocycles. The van der Waals surface area contributed by atoms with Crippen LogP contribution < -0.4 is 11.1 Å². The number of fused-ring (bicyclic) bond motifs is 1. The second-order valence-corrected chi connectivity index (χ2v) is 4.27. The molecule has 0 spiro atoms. The van der Waals surface area contributed by atoms with E-state index in [-0.39, 0.29) is 0 Å². The lowest BCUT2D eigenvalue weighted by Crippen LogP contribution is -2.18. The van der Waals surface area contributed by atoms with Gasteiger partial charge in [0.05, 0.1) is 5.52 Å². The van der Waals surface area contributed by atoms with Gasteiger partial charge in [-0.05, 0) is 43.6 Å². The maximum absolute atomic E-state index is 11.0. The number of hydrogen-bond acceptors (Lipinski definition) is 3. The predicted octanol–water partition coefficient (Wildman–Crippen LogP) is 1.88. The number of aromatic nitrogens is 1. The van der Waals surface area contributed by atoms with Gasteiger partial charge in [-0.25, -0.2) is 4.79 Å². The van der Waals surface area contributed by atoms with Crippen molar-refractivity contribution in [2.24, 2.45) is 0 Å². The van der Waals surface area contributed by atoms with Gasteiger partial charge < -0.3 is 9.73 Å². The highest BCUT2D eigenvalue weighted by molar-refractivity contribution is 6.17. The molecule has 2 N–H and O–H groups in total. The van der Waals surface area contributed by atoms with Crippen LogP contribution in [0.1, 0.15) is 12.0 Å². The molecule has 17 heavy (non-hydrogen) atoms. The van der Waals surface area contributed by atoms with E-state index in [4.69, 9.17) is 16.0 Å². The molecule has 0 bridgehead atoms. The highest BCUT2D eigenvalue weighted by Crippen LogP contribution is 2.12. The Morgan fingerprint density at radius 1 is 1.35 bits per heavy atom. The first-order valence-electron chi connectivity index (χ1n) is 5.68. The number of rotatable bonds is 6. The molecule has 4 nitrogen and oxygen atoms in total. The SMILES string of the molecule is O=c1[nH]c2cc(CCNCCCCl)ccc2o1. The van der Waals surface area contributed by atoms with E-state index in [1.807, 2.05) is 18.2 Å². The molecule has 1 heterocycles. The Labute approximate surface area is 104 Å². The molecule has 0 unspecified atom stereocenters. The minimum absolute atomic E-state index is 0.405. The first kappa shape index (κ1) is 12.2. The fraction of sp³-hybridized carbons (Fsp3) is 0.417. The van der Waals surface area contributed by atoms with Gasteiger partial charge in [-0.1, -0.05) is 6.07 Å². The Balaban J connectivity index is 1.92. The molecule has 0 fully saturated rings. The predicted molar refractivity (Wildman–Crippen MR) is 68.7 cm³/mol. The molecule has 92 valence electrons. The van der Waals surface area contributed by atoms with Gasteiger partial charge in [0.15, 0.2) is 5.58 Å². The Morgan fingerprint density at radius 2 is 2.24 bits per heavy atom. The zero-order valence-electron chi connectivity index (χ0n) is 9.46. The summed E-state index contributed by atoms with van der Waals surface area (Å²) in [4.78, 5) is 13.6. The summed E-state index contributed by atoms with van der Waals surface area (Å²) in [6.45, 7) is 1.85. The van der Waals surface area contributed by atoms with E-state index >= 15 is 0 Å². The van der Waals surface area contributed by atoms with Crippen LogP contribution in [-0.2, 0) is 6.42 Å². The van der Waals surface area contributed by atoms with E-state index in [1.165, 1.54) is 5.56 Å². The number of hydrogen-bond donors (Lipinski definition) is 2. The molecule has 0 amide bonds. The molecule has 0 aliphatic carbocycles. The maximum atomic E-state index is 11.0. The van der Waals surface area contributed by atoms with Crippen LogP contribution in [0.2, 0.25) is 0 Å². The Bertz CT molecular complexity index is 533. The smallest absolute Gasteiger partial charge is 0.408 e. The molecule has 1 aromatic heterocycles. The topological polar surface area (TPSA) is 58.0 Å². The average molecular weight is 255 g/mol. The summed E-state index contributed by atoms with van der Waals surface area (Å²) in [6.07, 6.45) is 1.90. The number of benzene rings is 1. The highest BCUT2D eigenvalue weighted by Gasteiger charge is 2.01. The van der Waals surface area contributed by atoms with Crippen molar-refractivity contribution in [1.82, 2.24) is 10.3 Å².